The molecule has 2 unspecified atom stereocenters. The Hall–Kier alpha value is -3.65. The molecular formula is C26H31ClN4O9. The van der Waals surface area contributed by atoms with Gasteiger partial charge in [0.15, 0.2) is 17.1 Å². The van der Waals surface area contributed by atoms with Crippen LogP contribution in [-0.4, -0.2) is 92.8 Å². The van der Waals surface area contributed by atoms with Crippen LogP contribution in [-0.2, 0) is 25.6 Å². The molecule has 1 aromatic carbocycles. The summed E-state index contributed by atoms with van der Waals surface area (Å²) < 4.78 is 0. The van der Waals surface area contributed by atoms with Crippen LogP contribution in [0.5, 0.6) is 5.75 Å². The molecule has 4 atom stereocenters. The van der Waals surface area contributed by atoms with Crippen LogP contribution in [0.1, 0.15) is 31.4 Å². The number of nitrogens with two attached hydrogens (primary N) is 1. The Morgan fingerprint density at radius 1 is 1.20 bits per heavy atom. The molecule has 40 heavy (non-hydrogen) atoms. The number of anilines is 1. The summed E-state index contributed by atoms with van der Waals surface area (Å²) in [7, 11) is 3.04. The van der Waals surface area contributed by atoms with E-state index in [1.54, 1.807) is 13.8 Å². The van der Waals surface area contributed by atoms with Gasteiger partial charge >= 0.3 is 6.09 Å². The smallest absolute Gasteiger partial charge is 0.430 e. The molecule has 2 amide bonds. The van der Waals surface area contributed by atoms with Gasteiger partial charge in [-0.15, -0.1) is 5.06 Å². The monoisotopic (exact) mass is 578 g/mol. The molecule has 3 aliphatic rings. The fourth-order valence-electron chi connectivity index (χ4n) is 5.98. The van der Waals surface area contributed by atoms with Crippen molar-refractivity contribution < 1.29 is 44.4 Å². The zero-order valence-corrected chi connectivity index (χ0v) is 23.1. The van der Waals surface area contributed by atoms with Crippen molar-refractivity contribution in [2.45, 2.75) is 38.3 Å². The molecule has 1 saturated carbocycles. The van der Waals surface area contributed by atoms with Crippen molar-refractivity contribution in [1.29, 1.82) is 0 Å². The first kappa shape index (κ1) is 29.3. The lowest BCUT2D eigenvalue weighted by atomic mass is 9.57. The summed E-state index contributed by atoms with van der Waals surface area (Å²) in [6.45, 7) is 4.33. The van der Waals surface area contributed by atoms with E-state index >= 15 is 0 Å². The molecule has 0 bridgehead atoms. The second-order valence-electron chi connectivity index (χ2n) is 10.2. The van der Waals surface area contributed by atoms with Gasteiger partial charge in [0.1, 0.15) is 22.8 Å². The molecule has 0 spiro atoms. The second kappa shape index (κ2) is 10.4. The first-order chi connectivity index (χ1) is 18.7. The number of aliphatic hydroxyl groups is 3. The van der Waals surface area contributed by atoms with Gasteiger partial charge in [0, 0.05) is 24.6 Å². The number of carbonyl (C=O) groups is 4. The van der Waals surface area contributed by atoms with Crippen LogP contribution in [0.4, 0.5) is 10.5 Å². The van der Waals surface area contributed by atoms with E-state index in [1.807, 2.05) is 0 Å². The number of aromatic hydroxyl groups is 1. The molecule has 1 fully saturated rings. The molecule has 0 aliphatic heterocycles. The van der Waals surface area contributed by atoms with E-state index in [2.05, 4.69) is 5.32 Å². The normalized spacial score (nSPS) is 26.1. The topological polar surface area (TPSA) is 203 Å². The Morgan fingerprint density at radius 3 is 2.38 bits per heavy atom. The number of nitrogens with one attached hydrogen (secondary N) is 1. The average molecular weight is 579 g/mol. The van der Waals surface area contributed by atoms with E-state index in [1.165, 1.54) is 30.1 Å². The van der Waals surface area contributed by atoms with Crippen molar-refractivity contribution in [1.82, 2.24) is 9.96 Å². The summed E-state index contributed by atoms with van der Waals surface area (Å²) in [5.41, 5.74) is 1.22. The zero-order chi connectivity index (χ0) is 29.8. The maximum Gasteiger partial charge on any atom is 0.430 e. The first-order valence-electron chi connectivity index (χ1n) is 12.6. The predicted molar refractivity (Wildman–Crippen MR) is 142 cm³/mol. The molecule has 0 radical (unpaired) electrons. The van der Waals surface area contributed by atoms with Gasteiger partial charge in [-0.2, -0.15) is 0 Å². The van der Waals surface area contributed by atoms with Crippen molar-refractivity contribution in [3.8, 4) is 5.75 Å². The summed E-state index contributed by atoms with van der Waals surface area (Å²) >= 11 is 6.37. The fraction of sp³-hybridized carbons (Fsp3) is 0.462. The Balaban J connectivity index is 1.84. The van der Waals surface area contributed by atoms with Crippen molar-refractivity contribution >= 4 is 46.6 Å². The first-order valence-corrected chi connectivity index (χ1v) is 13.0. The number of hydrogen-bond donors (Lipinski definition) is 6. The summed E-state index contributed by atoms with van der Waals surface area (Å²) in [6, 6.07) is 0.234. The number of hydroxylamine groups is 2. The number of hydrogen-bond acceptors (Lipinski definition) is 11. The number of halogens is 1. The number of fused-ring (bicyclic) bond motifs is 3. The molecule has 7 N–H and O–H groups in total. The molecule has 216 valence electrons. The molecule has 14 heteroatoms. The predicted octanol–water partition coefficient (Wildman–Crippen LogP) is 1.42. The Kier molecular flexibility index (Phi) is 7.62. The van der Waals surface area contributed by atoms with Crippen LogP contribution >= 0.6 is 11.6 Å². The number of carbonyl (C=O) groups excluding carboxylic acids is 4. The van der Waals surface area contributed by atoms with Crippen molar-refractivity contribution in [2.24, 2.45) is 17.6 Å². The number of rotatable bonds is 6. The van der Waals surface area contributed by atoms with E-state index in [-0.39, 0.29) is 34.7 Å². The second-order valence-corrected chi connectivity index (χ2v) is 10.6. The van der Waals surface area contributed by atoms with Gasteiger partial charge in [-0.1, -0.05) is 11.6 Å². The number of phenolic OH excluding ortho intramolecular Hbond substituents is 1. The maximum atomic E-state index is 13.9. The average Bonchev–Trinajstić information content (AvgIpc) is 2.86. The number of ketones is 2. The number of amides is 2. The van der Waals surface area contributed by atoms with Gasteiger partial charge in [0.05, 0.1) is 16.6 Å². The molecule has 0 aromatic heterocycles. The Bertz CT molecular complexity index is 1380. The number of aliphatic hydroxyl groups excluding tert-OH is 2. The lowest BCUT2D eigenvalue weighted by Gasteiger charge is -2.50. The highest BCUT2D eigenvalue weighted by Gasteiger charge is 2.64. The Labute approximate surface area is 234 Å². The lowest BCUT2D eigenvalue weighted by Crippen LogP contribution is -2.65. The van der Waals surface area contributed by atoms with Gasteiger partial charge in [-0.05, 0) is 58.3 Å². The van der Waals surface area contributed by atoms with E-state index in [4.69, 9.17) is 22.2 Å². The van der Waals surface area contributed by atoms with Gasteiger partial charge in [-0.25, -0.2) is 4.79 Å². The van der Waals surface area contributed by atoms with Crippen molar-refractivity contribution in [3.05, 3.63) is 39.1 Å². The molecule has 0 heterocycles. The number of Topliss-reactive ketones (excluding diaryl/α,β-unsaturated/α-hetero) is 2. The summed E-state index contributed by atoms with van der Waals surface area (Å²) in [5.74, 6) is -7.75. The number of phenols is 1. The zero-order valence-electron chi connectivity index (χ0n) is 22.3. The number of benzene rings is 1. The van der Waals surface area contributed by atoms with Crippen LogP contribution < -0.4 is 11.1 Å². The number of nitrogens with zero attached hydrogens (tertiary/aromatic N) is 2. The minimum atomic E-state index is -2.75. The molecular weight excluding hydrogens is 548 g/mol. The number of likely N-dealkylation sites (N-methyl/N-ethyl adjacent to an activating group) is 1. The van der Waals surface area contributed by atoms with E-state index < -0.39 is 69.9 Å². The van der Waals surface area contributed by atoms with Crippen LogP contribution in [0.3, 0.4) is 0 Å². The molecule has 1 aromatic rings. The van der Waals surface area contributed by atoms with E-state index in [0.29, 0.717) is 18.7 Å². The van der Waals surface area contributed by atoms with E-state index in [0.717, 1.165) is 0 Å². The third kappa shape index (κ3) is 4.29. The van der Waals surface area contributed by atoms with Crippen molar-refractivity contribution in [2.75, 3.05) is 32.5 Å². The van der Waals surface area contributed by atoms with Crippen LogP contribution in [0.15, 0.2) is 23.0 Å². The minimum absolute atomic E-state index is 0.0552. The van der Waals surface area contributed by atoms with Crippen LogP contribution in [0.2, 0.25) is 5.02 Å². The standard InChI is InChI=1S/C26H31ClN4O9/c1-5-31(6-2)40-25(38)29-17-13(27)9-11-7-10-8-12-18(30(3)4)21(34)16(24(28)37)23(36)26(12,39)22(35)15(10)19(32)14(11)20(17)33/h9-10,12,18,32-33,36,39H,5-8H2,1-4H3,(H2,28,37)(H,29,38)/t10?,12?,18-,26-/m0/s1. The summed E-state index contributed by atoms with van der Waals surface area (Å²) in [6.07, 6.45) is -0.949. The quantitative estimate of drug-likeness (QED) is 0.162. The summed E-state index contributed by atoms with van der Waals surface area (Å²) in [5, 5.41) is 48.5. The summed E-state index contributed by atoms with van der Waals surface area (Å²) in [4.78, 5) is 58.0. The molecule has 13 nitrogen and oxygen atoms in total. The van der Waals surface area contributed by atoms with Gasteiger partial charge in [0.2, 0.25) is 5.78 Å². The highest BCUT2D eigenvalue weighted by molar-refractivity contribution is 6.34. The molecule has 3 aliphatic carbocycles. The van der Waals surface area contributed by atoms with Crippen LogP contribution in [0.25, 0.3) is 5.76 Å². The van der Waals surface area contributed by atoms with Gasteiger partial charge < -0.3 is 31.0 Å². The largest absolute Gasteiger partial charge is 0.508 e. The van der Waals surface area contributed by atoms with Gasteiger partial charge in [-0.3, -0.25) is 24.6 Å². The fourth-order valence-corrected chi connectivity index (χ4v) is 6.25. The Morgan fingerprint density at radius 2 is 1.82 bits per heavy atom. The maximum absolute atomic E-state index is 13.9. The third-order valence-electron chi connectivity index (χ3n) is 7.81. The highest BCUT2D eigenvalue weighted by atomic mass is 35.5. The van der Waals surface area contributed by atoms with Crippen LogP contribution in [0, 0.1) is 11.8 Å². The lowest BCUT2D eigenvalue weighted by molar-refractivity contribution is -0.153. The SMILES string of the molecule is CCN(CC)OC(=O)Nc1c(Cl)cc2c(c1O)C(O)=C1C(=O)[C@]3(O)C(O)=C(C(N)=O)C(=O)[C@@H](N(C)C)C3CC1C2. The molecule has 4 rings (SSSR count). The van der Waals surface area contributed by atoms with Crippen molar-refractivity contribution in [3.63, 3.8) is 0 Å². The number of primary amides is 1. The third-order valence-corrected chi connectivity index (χ3v) is 8.11. The minimum Gasteiger partial charge on any atom is -0.508 e. The van der Waals surface area contributed by atoms with Gasteiger partial charge in [0.25, 0.3) is 5.91 Å². The van der Waals surface area contributed by atoms with E-state index in [9.17, 15) is 39.6 Å². The highest BCUT2D eigenvalue weighted by Crippen LogP contribution is 2.54. The molecule has 0 saturated heterocycles.